The van der Waals surface area contributed by atoms with Crippen molar-refractivity contribution in [1.82, 2.24) is 20.4 Å². The van der Waals surface area contributed by atoms with Gasteiger partial charge in [-0.1, -0.05) is 35.5 Å². The Hall–Kier alpha value is -2.70. The van der Waals surface area contributed by atoms with Crippen LogP contribution in [-0.2, 0) is 13.1 Å². The van der Waals surface area contributed by atoms with E-state index >= 15 is 0 Å². The van der Waals surface area contributed by atoms with Crippen molar-refractivity contribution in [2.24, 2.45) is 0 Å². The normalized spacial score (nSPS) is 15.6. The molecule has 0 aliphatic carbocycles. The van der Waals surface area contributed by atoms with Crippen molar-refractivity contribution in [3.63, 3.8) is 0 Å². The summed E-state index contributed by atoms with van der Waals surface area (Å²) in [5.41, 5.74) is 2.28. The van der Waals surface area contributed by atoms with Gasteiger partial charge in [0.1, 0.15) is 5.75 Å². The van der Waals surface area contributed by atoms with E-state index in [9.17, 15) is 0 Å². The lowest BCUT2D eigenvalue weighted by atomic mass is 10.0. The molecule has 1 aliphatic rings. The fraction of sp³-hybridized carbons (Fsp3) is 0.364. The van der Waals surface area contributed by atoms with Crippen LogP contribution >= 0.6 is 0 Å². The van der Waals surface area contributed by atoms with Crippen molar-refractivity contribution in [2.75, 3.05) is 20.2 Å². The fourth-order valence-corrected chi connectivity index (χ4v) is 3.55. The molecule has 0 radical (unpaired) electrons. The maximum absolute atomic E-state index is 5.40. The first-order valence-electron chi connectivity index (χ1n) is 9.77. The Morgan fingerprint density at radius 2 is 1.82 bits per heavy atom. The van der Waals surface area contributed by atoms with Crippen molar-refractivity contribution < 1.29 is 9.26 Å². The summed E-state index contributed by atoms with van der Waals surface area (Å²) in [7, 11) is 1.65. The van der Waals surface area contributed by atoms with Crippen LogP contribution in [0.25, 0.3) is 11.5 Å². The van der Waals surface area contributed by atoms with Gasteiger partial charge >= 0.3 is 0 Å². The molecule has 0 saturated carbocycles. The van der Waals surface area contributed by atoms with E-state index in [1.807, 2.05) is 24.3 Å². The van der Waals surface area contributed by atoms with E-state index < -0.39 is 0 Å². The number of methoxy groups -OCH3 is 1. The molecule has 4 rings (SSSR count). The van der Waals surface area contributed by atoms with E-state index in [0.717, 1.165) is 43.8 Å². The van der Waals surface area contributed by atoms with Crippen LogP contribution in [0.5, 0.6) is 5.75 Å². The minimum absolute atomic E-state index is 0.495. The first kappa shape index (κ1) is 18.7. The third kappa shape index (κ3) is 4.77. The highest BCUT2D eigenvalue weighted by Crippen LogP contribution is 2.21. The lowest BCUT2D eigenvalue weighted by molar-refractivity contribution is 0.189. The summed E-state index contributed by atoms with van der Waals surface area (Å²) in [6, 6.07) is 18.8. The number of nitrogens with one attached hydrogen (secondary N) is 1. The van der Waals surface area contributed by atoms with E-state index in [0.29, 0.717) is 24.3 Å². The zero-order chi connectivity index (χ0) is 19.2. The number of nitrogens with zero attached hydrogens (tertiary/aromatic N) is 3. The van der Waals surface area contributed by atoms with Crippen molar-refractivity contribution in [2.45, 2.75) is 32.0 Å². The Labute approximate surface area is 165 Å². The number of aromatic nitrogens is 2. The van der Waals surface area contributed by atoms with Crippen LogP contribution in [0.15, 0.2) is 59.1 Å². The van der Waals surface area contributed by atoms with E-state index in [-0.39, 0.29) is 0 Å². The molecule has 1 aliphatic heterocycles. The number of rotatable bonds is 7. The SMILES string of the molecule is COc1ccc(-c2nc(CNC3CCN(Cc4ccccc4)CC3)no2)cc1. The molecular formula is C22H26N4O2. The second-order valence-corrected chi connectivity index (χ2v) is 7.16. The number of ether oxygens (including phenoxy) is 1. The molecular weight excluding hydrogens is 352 g/mol. The largest absolute Gasteiger partial charge is 0.497 e. The van der Waals surface area contributed by atoms with Gasteiger partial charge in [0.15, 0.2) is 5.82 Å². The molecule has 6 heteroatoms. The van der Waals surface area contributed by atoms with Crippen molar-refractivity contribution >= 4 is 0 Å². The van der Waals surface area contributed by atoms with Gasteiger partial charge < -0.3 is 14.6 Å². The molecule has 1 fully saturated rings. The lowest BCUT2D eigenvalue weighted by Gasteiger charge is -2.32. The fourth-order valence-electron chi connectivity index (χ4n) is 3.55. The van der Waals surface area contributed by atoms with Gasteiger partial charge in [-0.2, -0.15) is 4.98 Å². The number of benzene rings is 2. The van der Waals surface area contributed by atoms with Gasteiger partial charge in [-0.25, -0.2) is 0 Å². The summed E-state index contributed by atoms with van der Waals surface area (Å²) in [6.45, 7) is 3.87. The molecule has 0 atom stereocenters. The monoisotopic (exact) mass is 378 g/mol. The molecule has 2 heterocycles. The molecule has 6 nitrogen and oxygen atoms in total. The third-order valence-corrected chi connectivity index (χ3v) is 5.19. The zero-order valence-corrected chi connectivity index (χ0v) is 16.2. The Morgan fingerprint density at radius 3 is 2.54 bits per heavy atom. The predicted molar refractivity (Wildman–Crippen MR) is 108 cm³/mol. The maximum Gasteiger partial charge on any atom is 0.257 e. The summed E-state index contributed by atoms with van der Waals surface area (Å²) in [4.78, 5) is 7.02. The first-order chi connectivity index (χ1) is 13.8. The first-order valence-corrected chi connectivity index (χ1v) is 9.77. The van der Waals surface area contributed by atoms with E-state index in [2.05, 4.69) is 50.7 Å². The molecule has 3 aromatic rings. The molecule has 0 bridgehead atoms. The number of hydrogen-bond donors (Lipinski definition) is 1. The third-order valence-electron chi connectivity index (χ3n) is 5.19. The Balaban J connectivity index is 1.24. The second kappa shape index (κ2) is 8.99. The standard InChI is InChI=1S/C22H26N4O2/c1-27-20-9-7-18(8-10-20)22-24-21(25-28-22)15-23-19-11-13-26(14-12-19)16-17-5-3-2-4-6-17/h2-10,19,23H,11-16H2,1H3. The minimum atomic E-state index is 0.495. The lowest BCUT2D eigenvalue weighted by Crippen LogP contribution is -2.42. The summed E-state index contributed by atoms with van der Waals surface area (Å²) in [5, 5.41) is 7.67. The molecule has 1 N–H and O–H groups in total. The molecule has 0 spiro atoms. The second-order valence-electron chi connectivity index (χ2n) is 7.16. The van der Waals surface area contributed by atoms with Crippen LogP contribution in [0, 0.1) is 0 Å². The minimum Gasteiger partial charge on any atom is -0.497 e. The van der Waals surface area contributed by atoms with Crippen molar-refractivity contribution in [1.29, 1.82) is 0 Å². The predicted octanol–water partition coefficient (Wildman–Crippen LogP) is 3.50. The van der Waals surface area contributed by atoms with Crippen molar-refractivity contribution in [3.05, 3.63) is 66.0 Å². The van der Waals surface area contributed by atoms with Crippen LogP contribution < -0.4 is 10.1 Å². The van der Waals surface area contributed by atoms with E-state index in [1.54, 1.807) is 7.11 Å². The molecule has 1 aromatic heterocycles. The van der Waals surface area contributed by atoms with Gasteiger partial charge in [-0.3, -0.25) is 4.90 Å². The number of piperidine rings is 1. The molecule has 146 valence electrons. The highest BCUT2D eigenvalue weighted by Gasteiger charge is 2.19. The van der Waals surface area contributed by atoms with Gasteiger partial charge in [-0.05, 0) is 55.8 Å². The highest BCUT2D eigenvalue weighted by molar-refractivity contribution is 5.54. The number of hydrogen-bond acceptors (Lipinski definition) is 6. The van der Waals surface area contributed by atoms with Gasteiger partial charge in [0.2, 0.25) is 0 Å². The summed E-state index contributed by atoms with van der Waals surface area (Å²) < 4.78 is 10.6. The molecule has 28 heavy (non-hydrogen) atoms. The summed E-state index contributed by atoms with van der Waals surface area (Å²) >= 11 is 0. The molecule has 0 unspecified atom stereocenters. The summed E-state index contributed by atoms with van der Waals surface area (Å²) in [5.74, 6) is 2.04. The van der Waals surface area contributed by atoms with Gasteiger partial charge in [0, 0.05) is 18.2 Å². The maximum atomic E-state index is 5.40. The van der Waals surface area contributed by atoms with Crippen LogP contribution in [0.4, 0.5) is 0 Å². The van der Waals surface area contributed by atoms with Crippen LogP contribution in [0.2, 0.25) is 0 Å². The Kier molecular flexibility index (Phi) is 5.99. The topological polar surface area (TPSA) is 63.4 Å². The number of likely N-dealkylation sites (tertiary alicyclic amines) is 1. The van der Waals surface area contributed by atoms with Crippen LogP contribution in [0.1, 0.15) is 24.2 Å². The van der Waals surface area contributed by atoms with E-state index in [4.69, 9.17) is 9.26 Å². The van der Waals surface area contributed by atoms with Crippen LogP contribution in [-0.4, -0.2) is 41.3 Å². The molecule has 2 aromatic carbocycles. The highest BCUT2D eigenvalue weighted by atomic mass is 16.5. The molecule has 1 saturated heterocycles. The smallest absolute Gasteiger partial charge is 0.257 e. The van der Waals surface area contributed by atoms with E-state index in [1.165, 1.54) is 5.56 Å². The molecule has 0 amide bonds. The quantitative estimate of drug-likeness (QED) is 0.679. The average molecular weight is 378 g/mol. The van der Waals surface area contributed by atoms with Gasteiger partial charge in [0.25, 0.3) is 5.89 Å². The summed E-state index contributed by atoms with van der Waals surface area (Å²) in [6.07, 6.45) is 2.27. The zero-order valence-electron chi connectivity index (χ0n) is 16.2. The van der Waals surface area contributed by atoms with Crippen LogP contribution in [0.3, 0.4) is 0 Å². The Bertz CT molecular complexity index is 856. The Morgan fingerprint density at radius 1 is 1.07 bits per heavy atom. The van der Waals surface area contributed by atoms with Crippen molar-refractivity contribution in [3.8, 4) is 17.2 Å². The van der Waals surface area contributed by atoms with Gasteiger partial charge in [0.05, 0.1) is 13.7 Å². The average Bonchev–Trinajstić information content (AvgIpc) is 3.23. The van der Waals surface area contributed by atoms with Gasteiger partial charge in [-0.15, -0.1) is 0 Å².